The van der Waals surface area contributed by atoms with Gasteiger partial charge in [-0.25, -0.2) is 0 Å². The number of hydrogen-bond acceptors (Lipinski definition) is 5. The number of ether oxygens (including phenoxy) is 1. The van der Waals surface area contributed by atoms with E-state index in [0.717, 1.165) is 48.7 Å². The first-order valence-corrected chi connectivity index (χ1v) is 9.23. The average Bonchev–Trinajstić information content (AvgIpc) is 3.25. The lowest BCUT2D eigenvalue weighted by atomic mass is 10.1. The minimum Gasteiger partial charge on any atom is -0.497 e. The molecule has 6 nitrogen and oxygen atoms in total. The van der Waals surface area contributed by atoms with Gasteiger partial charge in [0.2, 0.25) is 6.19 Å². The van der Waals surface area contributed by atoms with Gasteiger partial charge in [-0.2, -0.15) is 16.8 Å². The van der Waals surface area contributed by atoms with Crippen molar-refractivity contribution in [2.24, 2.45) is 10.1 Å². The van der Waals surface area contributed by atoms with Crippen LogP contribution >= 0.6 is 0 Å². The molecule has 1 N–H and O–H groups in total. The molecule has 0 amide bonds. The topological polar surface area (TPSA) is 82.3 Å². The molecule has 0 aliphatic rings. The molecule has 0 heterocycles. The summed E-state index contributed by atoms with van der Waals surface area (Å²) in [4.78, 5) is 7.36. The van der Waals surface area contributed by atoms with Crippen LogP contribution in [0.4, 0.5) is 0 Å². The molecule has 0 saturated heterocycles. The van der Waals surface area contributed by atoms with Crippen LogP contribution in [0.5, 0.6) is 5.75 Å². The smallest absolute Gasteiger partial charge is 0.206 e. The van der Waals surface area contributed by atoms with Crippen molar-refractivity contribution in [2.45, 2.75) is 6.61 Å². The summed E-state index contributed by atoms with van der Waals surface area (Å²) in [5.74, 6) is 0.712. The second kappa shape index (κ2) is 6.66. The Labute approximate surface area is 170 Å². The number of nitriles is 1. The van der Waals surface area contributed by atoms with Crippen molar-refractivity contribution in [3.05, 3.63) is 76.3 Å². The fourth-order valence-electron chi connectivity index (χ4n) is 4.25. The zero-order chi connectivity index (χ0) is 20.8. The third-order valence-electron chi connectivity index (χ3n) is 5.56. The zero-order valence-corrected chi connectivity index (χ0v) is 16.0. The van der Waals surface area contributed by atoms with Crippen LogP contribution in [-0.2, 0) is 6.61 Å². The van der Waals surface area contributed by atoms with E-state index >= 15 is 0 Å². The molecule has 5 aromatic rings. The number of methoxy groups -OCH3 is 1. The lowest BCUT2D eigenvalue weighted by Crippen LogP contribution is -1.98. The minimum atomic E-state index is -0.0742. The second-order valence-electron chi connectivity index (χ2n) is 7.00. The molecule has 30 heavy (non-hydrogen) atoms. The number of rotatable bonds is 2. The van der Waals surface area contributed by atoms with Gasteiger partial charge in [-0.15, -0.1) is 4.95 Å². The highest BCUT2D eigenvalue weighted by molar-refractivity contribution is 6.21. The largest absolute Gasteiger partial charge is 0.497 e. The maximum atomic E-state index is 9.57. The summed E-state index contributed by atoms with van der Waals surface area (Å²) in [6.45, 7) is 7.19. The molecule has 0 saturated carbocycles. The quantitative estimate of drug-likeness (QED) is 0.283. The number of fused-ring (bicyclic) bond motifs is 6. The van der Waals surface area contributed by atoms with Gasteiger partial charge in [0, 0.05) is 21.5 Å². The Kier molecular flexibility index (Phi) is 3.96. The first-order chi connectivity index (χ1) is 14.7. The summed E-state index contributed by atoms with van der Waals surface area (Å²) >= 11 is 0. The second-order valence-corrected chi connectivity index (χ2v) is 7.00. The number of aliphatic hydroxyl groups excluding tert-OH is 1. The molecule has 0 aliphatic carbocycles. The summed E-state index contributed by atoms with van der Waals surface area (Å²) < 4.78 is 5.39. The highest BCUT2D eigenvalue weighted by atomic mass is 16.5. The monoisotopic (exact) mass is 390 g/mol. The van der Waals surface area contributed by atoms with Crippen molar-refractivity contribution in [3.8, 4) is 11.9 Å². The van der Waals surface area contributed by atoms with E-state index in [1.165, 1.54) is 0 Å². The fraction of sp³-hybridized carbons (Fsp3) is 0.0833. The minimum absolute atomic E-state index is 0.0742. The van der Waals surface area contributed by atoms with Crippen molar-refractivity contribution in [3.63, 3.8) is 0 Å². The molecule has 6 heteroatoms. The van der Waals surface area contributed by atoms with E-state index in [-0.39, 0.29) is 6.61 Å². The standard InChI is InChI=1S/C24H14N4O2/c1-26-28-24-16-5-3-13(11-29)7-17(16)19-9-21-20(10-22(19)24)18-8-14(30-2)4-6-15(18)23(21)27-12-25/h3-10,29H,11H2,2H3/b27-23?,28-24+. The van der Waals surface area contributed by atoms with Crippen LogP contribution in [0.2, 0.25) is 0 Å². The highest BCUT2D eigenvalue weighted by Crippen LogP contribution is 2.33. The normalized spacial score (nSPS) is 12.8. The van der Waals surface area contributed by atoms with E-state index in [2.05, 4.69) is 15.0 Å². The molecule has 0 atom stereocenters. The van der Waals surface area contributed by atoms with Crippen molar-refractivity contribution in [1.29, 1.82) is 5.26 Å². The first kappa shape index (κ1) is 17.8. The van der Waals surface area contributed by atoms with Crippen LogP contribution in [0, 0.1) is 18.0 Å². The van der Waals surface area contributed by atoms with Crippen LogP contribution in [0.25, 0.3) is 48.0 Å². The van der Waals surface area contributed by atoms with Gasteiger partial charge in [-0.3, -0.25) is 0 Å². The average molecular weight is 390 g/mol. The van der Waals surface area contributed by atoms with Gasteiger partial charge in [-0.05, 0) is 63.5 Å². The summed E-state index contributed by atoms with van der Waals surface area (Å²) in [7, 11) is 1.61. The number of hydrogen-bond donors (Lipinski definition) is 1. The molecule has 142 valence electrons. The Morgan fingerprint density at radius 3 is 2.20 bits per heavy atom. The first-order valence-electron chi connectivity index (χ1n) is 9.23. The van der Waals surface area contributed by atoms with Crippen LogP contribution in [0.15, 0.2) is 58.6 Å². The fourth-order valence-corrected chi connectivity index (χ4v) is 4.25. The Bertz CT molecular complexity index is 1560. The lowest BCUT2D eigenvalue weighted by molar-refractivity contribution is 0.282. The van der Waals surface area contributed by atoms with Crippen LogP contribution in [-0.4, -0.2) is 12.2 Å². The Morgan fingerprint density at radius 1 is 0.900 bits per heavy atom. The van der Waals surface area contributed by atoms with Crippen molar-refractivity contribution >= 4 is 43.1 Å². The van der Waals surface area contributed by atoms with Gasteiger partial charge in [0.1, 0.15) is 5.75 Å². The Morgan fingerprint density at radius 2 is 1.53 bits per heavy atom. The number of aliphatic hydroxyl groups is 1. The molecule has 0 spiro atoms. The van der Waals surface area contributed by atoms with Crippen molar-refractivity contribution in [1.82, 2.24) is 0 Å². The summed E-state index contributed by atoms with van der Waals surface area (Å²) in [5.41, 5.74) is 0.781. The molecule has 0 bridgehead atoms. The maximum Gasteiger partial charge on any atom is 0.206 e. The zero-order valence-electron chi connectivity index (χ0n) is 16.0. The molecule has 5 rings (SSSR count). The van der Waals surface area contributed by atoms with Gasteiger partial charge in [0.25, 0.3) is 0 Å². The van der Waals surface area contributed by atoms with Gasteiger partial charge < -0.3 is 9.84 Å². The Hall–Kier alpha value is -4.26. The summed E-state index contributed by atoms with van der Waals surface area (Å²) in [6.07, 6.45) is 1.91. The van der Waals surface area contributed by atoms with Gasteiger partial charge in [-0.1, -0.05) is 12.1 Å². The molecular formula is C24H14N4O2. The molecule has 0 radical (unpaired) electrons. The third-order valence-corrected chi connectivity index (χ3v) is 5.56. The molecule has 0 fully saturated rings. The van der Waals surface area contributed by atoms with Gasteiger partial charge in [0.15, 0.2) is 5.36 Å². The van der Waals surface area contributed by atoms with Crippen LogP contribution in [0.3, 0.4) is 0 Å². The number of nitrogens with zero attached hydrogens (tertiary/aromatic N) is 4. The van der Waals surface area contributed by atoms with Crippen molar-refractivity contribution < 1.29 is 9.84 Å². The van der Waals surface area contributed by atoms with E-state index in [1.54, 1.807) is 7.11 Å². The molecule has 0 aromatic heterocycles. The van der Waals surface area contributed by atoms with E-state index < -0.39 is 0 Å². The van der Waals surface area contributed by atoms with Crippen LogP contribution in [0.1, 0.15) is 5.56 Å². The number of benzene rings is 3. The Balaban J connectivity index is 2.08. The maximum absolute atomic E-state index is 9.57. The molecule has 5 aromatic carbocycles. The summed E-state index contributed by atoms with van der Waals surface area (Å²) in [6, 6.07) is 15.3. The van der Waals surface area contributed by atoms with E-state index in [1.807, 2.05) is 54.7 Å². The van der Waals surface area contributed by atoms with Crippen molar-refractivity contribution in [2.75, 3.05) is 7.11 Å². The highest BCUT2D eigenvalue weighted by Gasteiger charge is 2.16. The lowest BCUT2D eigenvalue weighted by Gasteiger charge is -2.00. The molecular weight excluding hydrogens is 376 g/mol. The van der Waals surface area contributed by atoms with E-state index in [4.69, 9.17) is 11.3 Å². The molecule has 0 aliphatic heterocycles. The SMILES string of the molecule is [C-]#[N+]/N=c1\c2ccc(CO)cc2c2cc3c(=NC#N)c4ccc(OC)cc4c3cc12. The summed E-state index contributed by atoms with van der Waals surface area (Å²) in [5, 5.41) is 31.2. The van der Waals surface area contributed by atoms with E-state index in [9.17, 15) is 10.4 Å². The predicted octanol–water partition coefficient (Wildman–Crippen LogP) is 3.79. The van der Waals surface area contributed by atoms with Crippen LogP contribution < -0.4 is 15.5 Å². The predicted molar refractivity (Wildman–Crippen MR) is 115 cm³/mol. The van der Waals surface area contributed by atoms with Gasteiger partial charge >= 0.3 is 0 Å². The van der Waals surface area contributed by atoms with Gasteiger partial charge in [0.05, 0.1) is 24.2 Å². The van der Waals surface area contributed by atoms with E-state index in [0.29, 0.717) is 16.5 Å². The molecule has 0 unspecified atom stereocenters. The third kappa shape index (κ3) is 2.39.